The van der Waals surface area contributed by atoms with Crippen molar-refractivity contribution in [1.82, 2.24) is 9.78 Å². The van der Waals surface area contributed by atoms with E-state index >= 15 is 0 Å². The molecule has 0 saturated heterocycles. The van der Waals surface area contributed by atoms with Crippen LogP contribution in [0.15, 0.2) is 59.6 Å². The van der Waals surface area contributed by atoms with Crippen LogP contribution >= 0.6 is 0 Å². The fourth-order valence-corrected chi connectivity index (χ4v) is 4.88. The largest absolute Gasteiger partial charge is 0.360 e. The zero-order chi connectivity index (χ0) is 19.5. The molecule has 3 aromatic rings. The summed E-state index contributed by atoms with van der Waals surface area (Å²) in [6.45, 7) is 8.05. The number of hydrogen-bond donors (Lipinski definition) is 0. The van der Waals surface area contributed by atoms with Crippen molar-refractivity contribution in [3.63, 3.8) is 0 Å². The minimum atomic E-state index is -3.37. The van der Waals surface area contributed by atoms with Gasteiger partial charge in [0.25, 0.3) is 0 Å². The Morgan fingerprint density at radius 1 is 1.07 bits per heavy atom. The summed E-state index contributed by atoms with van der Waals surface area (Å²) in [7, 11) is -4.49. The highest BCUT2D eigenvalue weighted by Crippen LogP contribution is 2.21. The van der Waals surface area contributed by atoms with Gasteiger partial charge in [-0.1, -0.05) is 50.0 Å². The lowest BCUT2D eigenvalue weighted by Gasteiger charge is -2.15. The molecule has 5 nitrogen and oxygen atoms in total. The molecule has 0 atom stereocenters. The smallest absolute Gasteiger partial charge is 0.182 e. The first-order valence-corrected chi connectivity index (χ1v) is 14.4. The van der Waals surface area contributed by atoms with Gasteiger partial charge in [0.15, 0.2) is 9.84 Å². The van der Waals surface area contributed by atoms with Gasteiger partial charge < -0.3 is 4.74 Å². The van der Waals surface area contributed by atoms with E-state index in [9.17, 15) is 8.42 Å². The average Bonchev–Trinajstić information content (AvgIpc) is 3.01. The van der Waals surface area contributed by atoms with E-state index < -0.39 is 17.9 Å². The summed E-state index contributed by atoms with van der Waals surface area (Å²) >= 11 is 0. The van der Waals surface area contributed by atoms with Gasteiger partial charge in [0.2, 0.25) is 0 Å². The second kappa shape index (κ2) is 7.96. The molecule has 0 spiro atoms. The van der Waals surface area contributed by atoms with Crippen molar-refractivity contribution in [3.8, 4) is 0 Å². The minimum absolute atomic E-state index is 0.0331. The van der Waals surface area contributed by atoms with Crippen molar-refractivity contribution in [2.45, 2.75) is 43.1 Å². The normalized spacial score (nSPS) is 12.6. The molecule has 0 unspecified atom stereocenters. The SMILES string of the molecule is C[Si](C)(C)CCOCn1ncc2ccc(CS(=O)(=O)c3ccccc3)cc21. The molecule has 0 radical (unpaired) electrons. The topological polar surface area (TPSA) is 61.2 Å². The third-order valence-corrected chi connectivity index (χ3v) is 7.79. The van der Waals surface area contributed by atoms with Crippen LogP contribution < -0.4 is 0 Å². The van der Waals surface area contributed by atoms with Crippen molar-refractivity contribution >= 4 is 28.8 Å². The maximum atomic E-state index is 12.6. The lowest BCUT2D eigenvalue weighted by atomic mass is 10.2. The maximum absolute atomic E-state index is 12.6. The molecular weight excluding hydrogens is 376 g/mol. The van der Waals surface area contributed by atoms with Crippen molar-refractivity contribution in [2.75, 3.05) is 6.61 Å². The van der Waals surface area contributed by atoms with Crippen LogP contribution in [0.2, 0.25) is 25.7 Å². The molecule has 1 aromatic heterocycles. The molecule has 0 saturated carbocycles. The molecule has 0 aliphatic rings. The van der Waals surface area contributed by atoms with Gasteiger partial charge in [-0.15, -0.1) is 0 Å². The second-order valence-corrected chi connectivity index (χ2v) is 15.6. The van der Waals surface area contributed by atoms with E-state index in [-0.39, 0.29) is 5.75 Å². The van der Waals surface area contributed by atoms with Gasteiger partial charge in [0.05, 0.1) is 22.4 Å². The van der Waals surface area contributed by atoms with Crippen molar-refractivity contribution in [2.24, 2.45) is 0 Å². The Balaban J connectivity index is 1.75. The summed E-state index contributed by atoms with van der Waals surface area (Å²) in [4.78, 5) is 0.341. The quantitative estimate of drug-likeness (QED) is 0.416. The van der Waals surface area contributed by atoms with Crippen LogP contribution in [0.25, 0.3) is 10.9 Å². The maximum Gasteiger partial charge on any atom is 0.182 e. The van der Waals surface area contributed by atoms with E-state index in [1.807, 2.05) is 24.3 Å². The van der Waals surface area contributed by atoms with Crippen LogP contribution in [0.5, 0.6) is 0 Å². The monoisotopic (exact) mass is 402 g/mol. The molecule has 0 aliphatic carbocycles. The average molecular weight is 403 g/mol. The van der Waals surface area contributed by atoms with Crippen molar-refractivity contribution < 1.29 is 13.2 Å². The molecule has 3 rings (SSSR count). The lowest BCUT2D eigenvalue weighted by Crippen LogP contribution is -2.22. The van der Waals surface area contributed by atoms with E-state index in [1.165, 1.54) is 0 Å². The standard InChI is InChI=1S/C20H26N2O3SSi/c1-27(2,3)12-11-25-16-22-20-13-17(9-10-18(20)14-21-22)15-26(23,24)19-7-5-4-6-8-19/h4-10,13-14H,11-12,15-16H2,1-3H3. The third-order valence-electron chi connectivity index (χ3n) is 4.38. The Hall–Kier alpha value is -1.96. The highest BCUT2D eigenvalue weighted by Gasteiger charge is 2.16. The summed E-state index contributed by atoms with van der Waals surface area (Å²) in [5.41, 5.74) is 1.64. The van der Waals surface area contributed by atoms with Crippen LogP contribution in [0.1, 0.15) is 5.56 Å². The number of rotatable bonds is 8. The van der Waals surface area contributed by atoms with Crippen LogP contribution in [0, 0.1) is 0 Å². The number of fused-ring (bicyclic) bond motifs is 1. The summed E-state index contributed by atoms with van der Waals surface area (Å²) in [5.74, 6) is -0.0331. The Morgan fingerprint density at radius 2 is 1.81 bits per heavy atom. The van der Waals surface area contributed by atoms with Gasteiger partial charge in [0.1, 0.15) is 6.73 Å². The fourth-order valence-electron chi connectivity index (χ4n) is 2.77. The third kappa shape index (κ3) is 5.28. The first-order valence-electron chi connectivity index (χ1n) is 9.05. The summed E-state index contributed by atoms with van der Waals surface area (Å²) < 4.78 is 32.8. The van der Waals surface area contributed by atoms with Gasteiger partial charge in [-0.05, 0) is 29.8 Å². The van der Waals surface area contributed by atoms with Crippen LogP contribution in [-0.2, 0) is 27.1 Å². The summed E-state index contributed by atoms with van der Waals surface area (Å²) in [5, 5.41) is 5.36. The van der Waals surface area contributed by atoms with Crippen molar-refractivity contribution in [3.05, 3.63) is 60.3 Å². The predicted molar refractivity (Wildman–Crippen MR) is 111 cm³/mol. The fraction of sp³-hybridized carbons (Fsp3) is 0.350. The Labute approximate surface area is 161 Å². The Kier molecular flexibility index (Phi) is 5.83. The van der Waals surface area contributed by atoms with Crippen molar-refractivity contribution in [1.29, 1.82) is 0 Å². The van der Waals surface area contributed by atoms with E-state index in [4.69, 9.17) is 4.74 Å². The van der Waals surface area contributed by atoms with Gasteiger partial charge in [-0.3, -0.25) is 0 Å². The van der Waals surface area contributed by atoms with E-state index in [1.54, 1.807) is 35.1 Å². The van der Waals surface area contributed by atoms with Crippen LogP contribution in [-0.4, -0.2) is 32.9 Å². The molecule has 2 aromatic carbocycles. The highest BCUT2D eigenvalue weighted by atomic mass is 32.2. The lowest BCUT2D eigenvalue weighted by molar-refractivity contribution is 0.0817. The van der Waals surface area contributed by atoms with Gasteiger partial charge in [-0.2, -0.15) is 5.10 Å². The Morgan fingerprint density at radius 3 is 2.52 bits per heavy atom. The van der Waals surface area contributed by atoms with E-state index in [0.29, 0.717) is 11.6 Å². The molecule has 144 valence electrons. The molecule has 1 heterocycles. The molecule has 0 bridgehead atoms. The summed E-state index contributed by atoms with van der Waals surface area (Å²) in [6, 6.07) is 15.3. The Bertz CT molecular complexity index is 1010. The zero-order valence-corrected chi connectivity index (χ0v) is 17.9. The number of sulfone groups is 1. The number of nitrogens with zero attached hydrogens (tertiary/aromatic N) is 2. The first-order chi connectivity index (χ1) is 12.7. The second-order valence-electron chi connectivity index (χ2n) is 7.96. The van der Waals surface area contributed by atoms with E-state index in [2.05, 4.69) is 24.7 Å². The molecule has 0 amide bonds. The number of hydrogen-bond acceptors (Lipinski definition) is 4. The molecular formula is C20H26N2O3SSi. The zero-order valence-electron chi connectivity index (χ0n) is 16.1. The first kappa shape index (κ1) is 19.8. The predicted octanol–water partition coefficient (Wildman–Crippen LogP) is 4.32. The molecule has 7 heteroatoms. The molecule has 0 N–H and O–H groups in total. The van der Waals surface area contributed by atoms with Gasteiger partial charge in [0, 0.05) is 20.1 Å². The molecule has 27 heavy (non-hydrogen) atoms. The van der Waals surface area contributed by atoms with Crippen LogP contribution in [0.4, 0.5) is 0 Å². The molecule has 0 fully saturated rings. The number of benzene rings is 2. The minimum Gasteiger partial charge on any atom is -0.360 e. The van der Waals surface area contributed by atoms with E-state index in [0.717, 1.165) is 29.1 Å². The van der Waals surface area contributed by atoms with Crippen LogP contribution in [0.3, 0.4) is 0 Å². The highest BCUT2D eigenvalue weighted by molar-refractivity contribution is 7.90. The molecule has 0 aliphatic heterocycles. The number of aromatic nitrogens is 2. The van der Waals surface area contributed by atoms with Gasteiger partial charge in [-0.25, -0.2) is 13.1 Å². The number of ether oxygens (including phenoxy) is 1. The summed E-state index contributed by atoms with van der Waals surface area (Å²) in [6.07, 6.45) is 1.78. The van der Waals surface area contributed by atoms with Gasteiger partial charge >= 0.3 is 0 Å².